The molecule has 0 saturated carbocycles. The van der Waals surface area contributed by atoms with Gasteiger partial charge in [-0.15, -0.1) is 0 Å². The summed E-state index contributed by atoms with van der Waals surface area (Å²) in [4.78, 5) is 15.8. The second-order valence-corrected chi connectivity index (χ2v) is 6.40. The van der Waals surface area contributed by atoms with Crippen molar-refractivity contribution in [2.45, 2.75) is 16.9 Å². The standard InChI is InChI=1S/C16H11F4N3O2S/c17-13-7-10(5-6-21-13)8-22-9-14(24)23(15(22)25)11-1-3-12(4-2-11)26-16(18,19)20/h1-7,9,24H,8H2. The van der Waals surface area contributed by atoms with Gasteiger partial charge in [0, 0.05) is 11.1 Å². The average molecular weight is 385 g/mol. The summed E-state index contributed by atoms with van der Waals surface area (Å²) in [6.07, 6.45) is 2.42. The molecule has 0 spiro atoms. The minimum atomic E-state index is -4.41. The van der Waals surface area contributed by atoms with Crippen molar-refractivity contribution in [2.75, 3.05) is 0 Å². The zero-order valence-electron chi connectivity index (χ0n) is 12.9. The molecule has 1 aromatic carbocycles. The van der Waals surface area contributed by atoms with E-state index < -0.39 is 17.1 Å². The third-order valence-electron chi connectivity index (χ3n) is 3.41. The first kappa shape index (κ1) is 18.1. The van der Waals surface area contributed by atoms with Crippen molar-refractivity contribution < 1.29 is 22.7 Å². The molecule has 0 aliphatic rings. The van der Waals surface area contributed by atoms with Crippen LogP contribution in [0.2, 0.25) is 0 Å². The van der Waals surface area contributed by atoms with Crippen LogP contribution in [0.5, 0.6) is 5.88 Å². The summed E-state index contributed by atoms with van der Waals surface area (Å²) in [6, 6.07) is 7.68. The van der Waals surface area contributed by atoms with Gasteiger partial charge in [-0.3, -0.25) is 4.57 Å². The van der Waals surface area contributed by atoms with Gasteiger partial charge in [-0.05, 0) is 53.7 Å². The Balaban J connectivity index is 1.89. The fourth-order valence-corrected chi connectivity index (χ4v) is 2.91. The van der Waals surface area contributed by atoms with Gasteiger partial charge in [0.1, 0.15) is 0 Å². The van der Waals surface area contributed by atoms with Crippen molar-refractivity contribution in [3.05, 3.63) is 70.8 Å². The fraction of sp³-hybridized carbons (Fsp3) is 0.125. The van der Waals surface area contributed by atoms with Crippen LogP contribution in [-0.2, 0) is 6.54 Å². The number of hydrogen-bond acceptors (Lipinski definition) is 4. The van der Waals surface area contributed by atoms with Crippen LogP contribution in [0.15, 0.2) is 58.5 Å². The van der Waals surface area contributed by atoms with Crippen LogP contribution in [0, 0.1) is 5.95 Å². The maximum atomic E-state index is 13.1. The summed E-state index contributed by atoms with van der Waals surface area (Å²) in [7, 11) is 0. The third-order valence-corrected chi connectivity index (χ3v) is 4.15. The second kappa shape index (κ2) is 6.87. The highest BCUT2D eigenvalue weighted by Gasteiger charge is 2.29. The maximum absolute atomic E-state index is 13.1. The largest absolute Gasteiger partial charge is 0.493 e. The number of aromatic nitrogens is 3. The lowest BCUT2D eigenvalue weighted by Crippen LogP contribution is -2.23. The van der Waals surface area contributed by atoms with E-state index in [2.05, 4.69) is 4.98 Å². The molecule has 0 fully saturated rings. The number of halogens is 4. The number of aromatic hydroxyl groups is 1. The predicted molar refractivity (Wildman–Crippen MR) is 86.9 cm³/mol. The smallest absolute Gasteiger partial charge is 0.446 e. The number of imidazole rings is 1. The van der Waals surface area contributed by atoms with Gasteiger partial charge in [-0.1, -0.05) is 0 Å². The molecule has 26 heavy (non-hydrogen) atoms. The van der Waals surface area contributed by atoms with Gasteiger partial charge in [-0.25, -0.2) is 14.3 Å². The topological polar surface area (TPSA) is 60.1 Å². The molecule has 0 radical (unpaired) electrons. The zero-order valence-corrected chi connectivity index (χ0v) is 13.8. The van der Waals surface area contributed by atoms with E-state index in [0.717, 1.165) is 15.2 Å². The van der Waals surface area contributed by atoms with Gasteiger partial charge < -0.3 is 5.11 Å². The lowest BCUT2D eigenvalue weighted by Gasteiger charge is -2.07. The summed E-state index contributed by atoms with van der Waals surface area (Å²) < 4.78 is 52.3. The number of benzene rings is 1. The molecule has 2 aromatic heterocycles. The normalized spacial score (nSPS) is 11.7. The Morgan fingerprint density at radius 1 is 1.15 bits per heavy atom. The molecule has 10 heteroatoms. The van der Waals surface area contributed by atoms with Gasteiger partial charge in [0.2, 0.25) is 11.8 Å². The number of hydrogen-bond donors (Lipinski definition) is 1. The van der Waals surface area contributed by atoms with Crippen molar-refractivity contribution in [1.29, 1.82) is 0 Å². The van der Waals surface area contributed by atoms with Crippen LogP contribution >= 0.6 is 11.8 Å². The van der Waals surface area contributed by atoms with E-state index in [-0.39, 0.29) is 34.8 Å². The van der Waals surface area contributed by atoms with Gasteiger partial charge in [0.05, 0.1) is 18.4 Å². The molecule has 0 unspecified atom stereocenters. The fourth-order valence-electron chi connectivity index (χ4n) is 2.37. The molecule has 3 aromatic rings. The molecule has 0 atom stereocenters. The number of thioether (sulfide) groups is 1. The third kappa shape index (κ3) is 4.07. The number of rotatable bonds is 4. The number of pyridine rings is 1. The lowest BCUT2D eigenvalue weighted by atomic mass is 10.3. The monoisotopic (exact) mass is 385 g/mol. The molecule has 0 amide bonds. The van der Waals surface area contributed by atoms with E-state index in [4.69, 9.17) is 0 Å². The van der Waals surface area contributed by atoms with E-state index >= 15 is 0 Å². The molecule has 0 aliphatic heterocycles. The first-order valence-electron chi connectivity index (χ1n) is 7.21. The summed E-state index contributed by atoms with van der Waals surface area (Å²) >= 11 is -0.275. The van der Waals surface area contributed by atoms with Crippen LogP contribution < -0.4 is 5.69 Å². The summed E-state index contributed by atoms with van der Waals surface area (Å²) in [5.74, 6) is -1.09. The van der Waals surface area contributed by atoms with Gasteiger partial charge >= 0.3 is 11.2 Å². The molecule has 0 aliphatic carbocycles. The van der Waals surface area contributed by atoms with Crippen LogP contribution in [-0.4, -0.2) is 24.7 Å². The molecular formula is C16H11F4N3O2S. The highest BCUT2D eigenvalue weighted by atomic mass is 32.2. The van der Waals surface area contributed by atoms with Crippen molar-refractivity contribution in [2.24, 2.45) is 0 Å². The number of alkyl halides is 3. The summed E-state index contributed by atoms with van der Waals surface area (Å²) in [5, 5.41) is 10.0. The van der Waals surface area contributed by atoms with Crippen LogP contribution in [0.3, 0.4) is 0 Å². The van der Waals surface area contributed by atoms with Crippen LogP contribution in [0.25, 0.3) is 5.69 Å². The molecule has 2 heterocycles. The first-order chi connectivity index (χ1) is 12.2. The zero-order chi connectivity index (χ0) is 18.9. The van der Waals surface area contributed by atoms with Crippen molar-refractivity contribution >= 4 is 11.8 Å². The van der Waals surface area contributed by atoms with E-state index in [1.807, 2.05) is 0 Å². The average Bonchev–Trinajstić information content (AvgIpc) is 2.81. The Kier molecular flexibility index (Phi) is 4.77. The summed E-state index contributed by atoms with van der Waals surface area (Å²) in [6.45, 7) is 0.000836. The van der Waals surface area contributed by atoms with Crippen LogP contribution in [0.1, 0.15) is 5.56 Å². The van der Waals surface area contributed by atoms with Gasteiger partial charge in [0.15, 0.2) is 0 Å². The Bertz CT molecular complexity index is 980. The molecular weight excluding hydrogens is 374 g/mol. The minimum absolute atomic E-state index is 0.000836. The van der Waals surface area contributed by atoms with Gasteiger partial charge in [0.25, 0.3) is 0 Å². The Hall–Kier alpha value is -2.75. The maximum Gasteiger partial charge on any atom is 0.446 e. The second-order valence-electron chi connectivity index (χ2n) is 5.26. The van der Waals surface area contributed by atoms with Crippen molar-refractivity contribution in [3.63, 3.8) is 0 Å². The van der Waals surface area contributed by atoms with Crippen molar-refractivity contribution in [1.82, 2.24) is 14.1 Å². The highest BCUT2D eigenvalue weighted by molar-refractivity contribution is 8.00. The Morgan fingerprint density at radius 2 is 1.85 bits per heavy atom. The highest BCUT2D eigenvalue weighted by Crippen LogP contribution is 2.37. The molecule has 136 valence electrons. The Labute approximate surface area is 148 Å². The quantitative estimate of drug-likeness (QED) is 0.424. The number of nitrogens with zero attached hydrogens (tertiary/aromatic N) is 3. The molecule has 5 nitrogen and oxygen atoms in total. The molecule has 0 bridgehead atoms. The minimum Gasteiger partial charge on any atom is -0.493 e. The Morgan fingerprint density at radius 3 is 2.46 bits per heavy atom. The molecule has 0 saturated heterocycles. The van der Waals surface area contributed by atoms with E-state index in [1.54, 1.807) is 0 Å². The van der Waals surface area contributed by atoms with Crippen molar-refractivity contribution in [3.8, 4) is 11.6 Å². The van der Waals surface area contributed by atoms with Gasteiger partial charge in [-0.2, -0.15) is 17.6 Å². The van der Waals surface area contributed by atoms with E-state index in [1.165, 1.54) is 42.7 Å². The SMILES string of the molecule is O=c1n(Cc2ccnc(F)c2)cc(O)n1-c1ccc(SC(F)(F)F)cc1. The molecule has 1 N–H and O–H groups in total. The van der Waals surface area contributed by atoms with E-state index in [0.29, 0.717) is 5.56 Å². The lowest BCUT2D eigenvalue weighted by molar-refractivity contribution is -0.0328. The summed E-state index contributed by atoms with van der Waals surface area (Å²) in [5.41, 5.74) is -4.35. The predicted octanol–water partition coefficient (Wildman–Crippen LogP) is 3.54. The van der Waals surface area contributed by atoms with E-state index in [9.17, 15) is 27.5 Å². The van der Waals surface area contributed by atoms with Crippen LogP contribution in [0.4, 0.5) is 17.6 Å². The first-order valence-corrected chi connectivity index (χ1v) is 8.02. The molecule has 3 rings (SSSR count).